The number of rotatable bonds is 8. The van der Waals surface area contributed by atoms with E-state index >= 15 is 0 Å². The minimum absolute atomic E-state index is 0.108. The number of fused-ring (bicyclic) bond motifs is 1. The normalized spacial score (nSPS) is 16.5. The lowest BCUT2D eigenvalue weighted by atomic mass is 9.96. The molecule has 1 amide bonds. The van der Waals surface area contributed by atoms with Crippen LogP contribution >= 0.6 is 12.2 Å². The Balaban J connectivity index is 1.36. The van der Waals surface area contributed by atoms with E-state index in [2.05, 4.69) is 87.5 Å². The number of nitrogens with zero attached hydrogens (tertiary/aromatic N) is 3. The molecule has 3 heterocycles. The second-order valence-corrected chi connectivity index (χ2v) is 10.9. The summed E-state index contributed by atoms with van der Waals surface area (Å²) in [7, 11) is 1.59. The van der Waals surface area contributed by atoms with Gasteiger partial charge in [0, 0.05) is 35.9 Å². The highest BCUT2D eigenvalue weighted by Crippen LogP contribution is 2.42. The number of hydrogen-bond donors (Lipinski definition) is 2. The Morgan fingerprint density at radius 1 is 1.00 bits per heavy atom. The van der Waals surface area contributed by atoms with Crippen LogP contribution in [0.1, 0.15) is 41.1 Å². The summed E-state index contributed by atoms with van der Waals surface area (Å²) < 4.78 is 7.72. The van der Waals surface area contributed by atoms with Gasteiger partial charge in [-0.3, -0.25) is 9.78 Å². The number of carbonyl (C=O) groups is 1. The van der Waals surface area contributed by atoms with Crippen LogP contribution in [0, 0.1) is 13.8 Å². The summed E-state index contributed by atoms with van der Waals surface area (Å²) in [5, 5.41) is 9.51. The summed E-state index contributed by atoms with van der Waals surface area (Å²) in [6.07, 6.45) is 2.06. The van der Waals surface area contributed by atoms with Crippen molar-refractivity contribution >= 4 is 39.7 Å². The van der Waals surface area contributed by atoms with Crippen LogP contribution in [-0.2, 0) is 4.79 Å². The highest BCUT2D eigenvalue weighted by molar-refractivity contribution is 7.80. The van der Waals surface area contributed by atoms with Crippen LogP contribution in [0.25, 0.3) is 16.5 Å². The Kier molecular flexibility index (Phi) is 7.63. The first kappa shape index (κ1) is 27.5. The lowest BCUT2D eigenvalue weighted by Gasteiger charge is -2.28. The van der Waals surface area contributed by atoms with Gasteiger partial charge < -0.3 is 24.8 Å². The van der Waals surface area contributed by atoms with Gasteiger partial charge in [-0.2, -0.15) is 0 Å². The fraction of sp³-hybridized carbons (Fsp3) is 0.206. The zero-order valence-electron chi connectivity index (χ0n) is 23.9. The zero-order chi connectivity index (χ0) is 29.2. The molecule has 0 saturated carbocycles. The molecule has 212 valence electrons. The van der Waals surface area contributed by atoms with Gasteiger partial charge in [-0.25, -0.2) is 0 Å². The van der Waals surface area contributed by atoms with Crippen molar-refractivity contribution in [3.8, 4) is 11.4 Å². The monoisotopic (exact) mass is 575 g/mol. The van der Waals surface area contributed by atoms with E-state index in [1.165, 1.54) is 10.8 Å². The number of anilines is 1. The van der Waals surface area contributed by atoms with Crippen molar-refractivity contribution in [3.05, 3.63) is 120 Å². The molecule has 0 bridgehead atoms. The Hall–Kier alpha value is -4.69. The first-order valence-electron chi connectivity index (χ1n) is 14.0. The van der Waals surface area contributed by atoms with Crippen LogP contribution < -0.4 is 15.4 Å². The fourth-order valence-electron chi connectivity index (χ4n) is 6.03. The van der Waals surface area contributed by atoms with E-state index in [-0.39, 0.29) is 24.4 Å². The van der Waals surface area contributed by atoms with Gasteiger partial charge in [0.15, 0.2) is 5.11 Å². The second-order valence-electron chi connectivity index (χ2n) is 10.5. The Bertz CT molecular complexity index is 1760. The van der Waals surface area contributed by atoms with Crippen molar-refractivity contribution in [2.45, 2.75) is 32.4 Å². The Labute approximate surface area is 251 Å². The molecule has 1 fully saturated rings. The molecule has 0 spiro atoms. The molecule has 0 unspecified atom stereocenters. The van der Waals surface area contributed by atoms with E-state index in [9.17, 15) is 4.79 Å². The average Bonchev–Trinajstić information content (AvgIpc) is 3.50. The van der Waals surface area contributed by atoms with Gasteiger partial charge in [0.05, 0.1) is 36.3 Å². The summed E-state index contributed by atoms with van der Waals surface area (Å²) in [4.78, 5) is 19.9. The third-order valence-electron chi connectivity index (χ3n) is 7.96. The number of methoxy groups -OCH3 is 1. The van der Waals surface area contributed by atoms with Crippen molar-refractivity contribution < 1.29 is 9.53 Å². The van der Waals surface area contributed by atoms with Gasteiger partial charge in [0.1, 0.15) is 5.75 Å². The van der Waals surface area contributed by atoms with Gasteiger partial charge in [0.25, 0.3) is 0 Å². The van der Waals surface area contributed by atoms with Gasteiger partial charge in [0.2, 0.25) is 5.91 Å². The molecule has 5 aromatic rings. The van der Waals surface area contributed by atoms with Gasteiger partial charge >= 0.3 is 0 Å². The molecule has 7 nitrogen and oxygen atoms in total. The van der Waals surface area contributed by atoms with E-state index in [4.69, 9.17) is 17.0 Å². The van der Waals surface area contributed by atoms with Crippen molar-refractivity contribution in [2.24, 2.45) is 0 Å². The maximum atomic E-state index is 13.1. The predicted octanol–water partition coefficient (Wildman–Crippen LogP) is 6.65. The standard InChI is InChI=1S/C34H33N5O2S/c1-22-21-26(23(2)39(22)29-16-10-12-24-11-4-5-13-25(24)29)33-32(28-15-8-9-19-35-28)37-34(42)38(33)20-18-31(40)36-27-14-6-7-17-30(27)41-3/h4-17,19,21,32-33H,18,20H2,1-3H3,(H,36,40)(H,37,42)/t32-,33-/m0/s1. The van der Waals surface area contributed by atoms with Crippen LogP contribution in [0.15, 0.2) is 97.2 Å². The van der Waals surface area contributed by atoms with Crippen LogP contribution in [0.2, 0.25) is 0 Å². The summed E-state index contributed by atoms with van der Waals surface area (Å²) >= 11 is 5.88. The first-order chi connectivity index (χ1) is 20.5. The molecule has 8 heteroatoms. The number of amides is 1. The van der Waals surface area contributed by atoms with Gasteiger partial charge in [-0.05, 0) is 73.4 Å². The van der Waals surface area contributed by atoms with Crippen molar-refractivity contribution in [1.82, 2.24) is 19.8 Å². The smallest absolute Gasteiger partial charge is 0.226 e. The van der Waals surface area contributed by atoms with Crippen LogP contribution in [0.5, 0.6) is 5.75 Å². The number of nitrogens with one attached hydrogen (secondary N) is 2. The van der Waals surface area contributed by atoms with Crippen molar-refractivity contribution in [2.75, 3.05) is 19.0 Å². The van der Waals surface area contributed by atoms with E-state index in [0.717, 1.165) is 28.3 Å². The average molecular weight is 576 g/mol. The van der Waals surface area contributed by atoms with Crippen LogP contribution in [0.3, 0.4) is 0 Å². The van der Waals surface area contributed by atoms with E-state index < -0.39 is 0 Å². The number of ether oxygens (including phenoxy) is 1. The van der Waals surface area contributed by atoms with E-state index in [0.29, 0.717) is 23.1 Å². The summed E-state index contributed by atoms with van der Waals surface area (Å²) in [5.74, 6) is 0.516. The SMILES string of the molecule is COc1ccccc1NC(=O)CCN1C(=S)N[C@@H](c2ccccn2)[C@@H]1c1cc(C)n(-c2cccc3ccccc23)c1C. The third-order valence-corrected chi connectivity index (χ3v) is 8.31. The summed E-state index contributed by atoms with van der Waals surface area (Å²) in [6.45, 7) is 4.74. The summed E-state index contributed by atoms with van der Waals surface area (Å²) in [6, 6.07) is 30.1. The molecular weight excluding hydrogens is 542 g/mol. The summed E-state index contributed by atoms with van der Waals surface area (Å²) in [5.41, 5.74) is 6.10. The molecule has 1 aliphatic rings. The molecular formula is C34H33N5O2S. The minimum atomic E-state index is -0.169. The Morgan fingerprint density at radius 2 is 1.76 bits per heavy atom. The topological polar surface area (TPSA) is 71.4 Å². The number of benzene rings is 3. The van der Waals surface area contributed by atoms with Crippen LogP contribution in [-0.4, -0.2) is 39.1 Å². The second kappa shape index (κ2) is 11.7. The molecule has 42 heavy (non-hydrogen) atoms. The molecule has 1 saturated heterocycles. The molecule has 0 radical (unpaired) electrons. The third kappa shape index (κ3) is 5.10. The fourth-order valence-corrected chi connectivity index (χ4v) is 6.36. The number of pyridine rings is 1. The van der Waals surface area contributed by atoms with Gasteiger partial charge in [-0.15, -0.1) is 0 Å². The quantitative estimate of drug-likeness (QED) is 0.202. The van der Waals surface area contributed by atoms with Gasteiger partial charge in [-0.1, -0.05) is 54.6 Å². The number of aromatic nitrogens is 2. The van der Waals surface area contributed by atoms with Crippen molar-refractivity contribution in [1.29, 1.82) is 0 Å². The highest BCUT2D eigenvalue weighted by Gasteiger charge is 2.41. The molecule has 2 N–H and O–H groups in total. The maximum Gasteiger partial charge on any atom is 0.226 e. The molecule has 2 aromatic heterocycles. The largest absolute Gasteiger partial charge is 0.495 e. The number of thiocarbonyl (C=S) groups is 1. The highest BCUT2D eigenvalue weighted by atomic mass is 32.1. The zero-order valence-corrected chi connectivity index (χ0v) is 24.7. The first-order valence-corrected chi connectivity index (χ1v) is 14.4. The molecule has 3 aromatic carbocycles. The van der Waals surface area contributed by atoms with E-state index in [1.54, 1.807) is 13.3 Å². The molecule has 1 aliphatic heterocycles. The maximum absolute atomic E-state index is 13.1. The predicted molar refractivity (Wildman–Crippen MR) is 171 cm³/mol. The molecule has 6 rings (SSSR count). The Morgan fingerprint density at radius 3 is 2.57 bits per heavy atom. The lowest BCUT2D eigenvalue weighted by Crippen LogP contribution is -2.33. The number of aryl methyl sites for hydroxylation is 1. The number of para-hydroxylation sites is 2. The van der Waals surface area contributed by atoms with E-state index in [1.807, 2.05) is 42.5 Å². The van der Waals surface area contributed by atoms with Crippen molar-refractivity contribution in [3.63, 3.8) is 0 Å². The van der Waals surface area contributed by atoms with Crippen LogP contribution in [0.4, 0.5) is 5.69 Å². The number of carbonyl (C=O) groups excluding carboxylic acids is 1. The lowest BCUT2D eigenvalue weighted by molar-refractivity contribution is -0.116. The molecule has 2 atom stereocenters. The molecule has 0 aliphatic carbocycles. The minimum Gasteiger partial charge on any atom is -0.495 e. The number of hydrogen-bond acceptors (Lipinski definition) is 4.